The highest BCUT2D eigenvalue weighted by Crippen LogP contribution is 2.25. The van der Waals surface area contributed by atoms with E-state index in [0.717, 1.165) is 12.3 Å². The molecule has 0 fully saturated rings. The van der Waals surface area contributed by atoms with E-state index in [4.69, 9.17) is 5.73 Å². The zero-order valence-corrected chi connectivity index (χ0v) is 12.1. The van der Waals surface area contributed by atoms with E-state index >= 15 is 0 Å². The van der Waals surface area contributed by atoms with E-state index in [1.165, 1.54) is 11.1 Å². The van der Waals surface area contributed by atoms with Gasteiger partial charge in [0.05, 0.1) is 0 Å². The summed E-state index contributed by atoms with van der Waals surface area (Å²) < 4.78 is 0. The molecule has 1 rings (SSSR count). The Bertz CT molecular complexity index is 339. The molecule has 2 unspecified atom stereocenters. The number of benzene rings is 1. The van der Waals surface area contributed by atoms with Gasteiger partial charge >= 0.3 is 0 Å². The first kappa shape index (κ1) is 14.6. The van der Waals surface area contributed by atoms with Gasteiger partial charge in [-0.1, -0.05) is 24.3 Å². The molecule has 0 radical (unpaired) electrons. The minimum Gasteiger partial charge on any atom is -0.326 e. The summed E-state index contributed by atoms with van der Waals surface area (Å²) in [6.45, 7) is 5.32. The Morgan fingerprint density at radius 2 is 2.00 bits per heavy atom. The molecule has 0 saturated carbocycles. The van der Waals surface area contributed by atoms with Crippen LogP contribution in [0.1, 0.15) is 24.1 Å². The van der Waals surface area contributed by atoms with Crippen molar-refractivity contribution in [3.8, 4) is 0 Å². The molecule has 0 saturated heterocycles. The van der Waals surface area contributed by atoms with Gasteiger partial charge in [-0.15, -0.1) is 0 Å². The van der Waals surface area contributed by atoms with Crippen LogP contribution in [-0.4, -0.2) is 36.5 Å². The fourth-order valence-corrected chi connectivity index (χ4v) is 2.69. The number of rotatable bonds is 6. The van der Waals surface area contributed by atoms with Gasteiger partial charge in [0, 0.05) is 24.4 Å². The van der Waals surface area contributed by atoms with Gasteiger partial charge in [0.1, 0.15) is 0 Å². The number of thioether (sulfide) groups is 1. The summed E-state index contributed by atoms with van der Waals surface area (Å²) in [5.41, 5.74) is 8.84. The van der Waals surface area contributed by atoms with E-state index in [1.54, 1.807) is 0 Å². The summed E-state index contributed by atoms with van der Waals surface area (Å²) in [6.07, 6.45) is 2.14. The van der Waals surface area contributed by atoms with Crippen LogP contribution in [0.15, 0.2) is 24.3 Å². The van der Waals surface area contributed by atoms with Crippen molar-refractivity contribution in [2.45, 2.75) is 25.9 Å². The van der Waals surface area contributed by atoms with E-state index in [-0.39, 0.29) is 6.04 Å². The van der Waals surface area contributed by atoms with Crippen molar-refractivity contribution >= 4 is 11.8 Å². The SMILES string of the molecule is CSCCN(C)C(c1ccccc1C)C(C)N. The Morgan fingerprint density at radius 3 is 2.53 bits per heavy atom. The number of hydrogen-bond donors (Lipinski definition) is 1. The van der Waals surface area contributed by atoms with Crippen LogP contribution in [0.25, 0.3) is 0 Å². The summed E-state index contributed by atoms with van der Waals surface area (Å²) in [6, 6.07) is 8.98. The zero-order valence-electron chi connectivity index (χ0n) is 11.3. The van der Waals surface area contributed by atoms with Crippen molar-refractivity contribution in [3.05, 3.63) is 35.4 Å². The fourth-order valence-electron chi connectivity index (χ4n) is 2.22. The van der Waals surface area contributed by atoms with E-state index in [9.17, 15) is 0 Å². The van der Waals surface area contributed by atoms with Crippen LogP contribution >= 0.6 is 11.8 Å². The molecule has 0 heterocycles. The van der Waals surface area contributed by atoms with Gasteiger partial charge in [0.2, 0.25) is 0 Å². The molecule has 2 nitrogen and oxygen atoms in total. The van der Waals surface area contributed by atoms with Crippen LogP contribution in [0.3, 0.4) is 0 Å². The molecule has 3 heteroatoms. The Kier molecular flexibility index (Phi) is 6.03. The maximum absolute atomic E-state index is 6.16. The molecule has 0 aliphatic carbocycles. The second-order valence-corrected chi connectivity index (χ2v) is 5.62. The van der Waals surface area contributed by atoms with Gasteiger partial charge in [-0.3, -0.25) is 4.90 Å². The third-order valence-electron chi connectivity index (χ3n) is 3.13. The molecule has 17 heavy (non-hydrogen) atoms. The Hall–Kier alpha value is -0.510. The number of nitrogens with two attached hydrogens (primary N) is 1. The molecule has 96 valence electrons. The first-order valence-electron chi connectivity index (χ1n) is 6.08. The van der Waals surface area contributed by atoms with E-state index in [0.29, 0.717) is 6.04 Å². The van der Waals surface area contributed by atoms with Crippen molar-refractivity contribution in [2.24, 2.45) is 5.73 Å². The minimum atomic E-state index is 0.142. The third kappa shape index (κ3) is 4.02. The van der Waals surface area contributed by atoms with Crippen LogP contribution in [0.2, 0.25) is 0 Å². The molecule has 1 aromatic carbocycles. The lowest BCUT2D eigenvalue weighted by Crippen LogP contribution is -2.38. The van der Waals surface area contributed by atoms with E-state index in [1.807, 2.05) is 11.8 Å². The predicted molar refractivity (Wildman–Crippen MR) is 78.6 cm³/mol. The lowest BCUT2D eigenvalue weighted by molar-refractivity contribution is 0.231. The van der Waals surface area contributed by atoms with Gasteiger partial charge in [-0.25, -0.2) is 0 Å². The van der Waals surface area contributed by atoms with Gasteiger partial charge in [-0.2, -0.15) is 11.8 Å². The van der Waals surface area contributed by atoms with Crippen LogP contribution < -0.4 is 5.73 Å². The molecule has 1 aromatic rings. The molecule has 0 bridgehead atoms. The second-order valence-electron chi connectivity index (χ2n) is 4.63. The lowest BCUT2D eigenvalue weighted by Gasteiger charge is -2.32. The third-order valence-corrected chi connectivity index (χ3v) is 3.72. The number of hydrogen-bond acceptors (Lipinski definition) is 3. The first-order valence-corrected chi connectivity index (χ1v) is 7.47. The highest BCUT2D eigenvalue weighted by atomic mass is 32.2. The summed E-state index contributed by atoms with van der Waals surface area (Å²) in [5.74, 6) is 1.14. The van der Waals surface area contributed by atoms with Gasteiger partial charge in [-0.05, 0) is 38.3 Å². The average Bonchev–Trinajstić information content (AvgIpc) is 2.29. The van der Waals surface area contributed by atoms with Crippen LogP contribution in [0, 0.1) is 6.92 Å². The zero-order chi connectivity index (χ0) is 12.8. The van der Waals surface area contributed by atoms with Crippen LogP contribution in [0.5, 0.6) is 0 Å². The summed E-state index contributed by atoms with van der Waals surface area (Å²) in [7, 11) is 2.16. The second kappa shape index (κ2) is 7.04. The normalized spacial score (nSPS) is 14.9. The highest BCUT2D eigenvalue weighted by molar-refractivity contribution is 7.98. The van der Waals surface area contributed by atoms with Crippen molar-refractivity contribution < 1.29 is 0 Å². The molecule has 0 amide bonds. The maximum atomic E-state index is 6.16. The van der Waals surface area contributed by atoms with Crippen molar-refractivity contribution in [1.29, 1.82) is 0 Å². The molecule has 2 atom stereocenters. The van der Waals surface area contributed by atoms with Gasteiger partial charge in [0.15, 0.2) is 0 Å². The van der Waals surface area contributed by atoms with Gasteiger partial charge < -0.3 is 5.73 Å². The van der Waals surface area contributed by atoms with Gasteiger partial charge in [0.25, 0.3) is 0 Å². The molecular formula is C14H24N2S. The Labute approximate surface area is 110 Å². The highest BCUT2D eigenvalue weighted by Gasteiger charge is 2.21. The summed E-state index contributed by atoms with van der Waals surface area (Å²) in [4.78, 5) is 2.36. The molecule has 0 aliphatic heterocycles. The predicted octanol–water partition coefficient (Wildman–Crippen LogP) is 2.68. The van der Waals surface area contributed by atoms with Crippen LogP contribution in [-0.2, 0) is 0 Å². The van der Waals surface area contributed by atoms with E-state index in [2.05, 4.69) is 56.3 Å². The number of likely N-dealkylation sites (N-methyl/N-ethyl adjacent to an activating group) is 1. The maximum Gasteiger partial charge on any atom is 0.0496 e. The monoisotopic (exact) mass is 252 g/mol. The smallest absolute Gasteiger partial charge is 0.0496 e. The molecule has 0 spiro atoms. The molecular weight excluding hydrogens is 228 g/mol. The Morgan fingerprint density at radius 1 is 1.35 bits per heavy atom. The molecule has 2 N–H and O–H groups in total. The van der Waals surface area contributed by atoms with Crippen molar-refractivity contribution in [3.63, 3.8) is 0 Å². The van der Waals surface area contributed by atoms with E-state index < -0.39 is 0 Å². The largest absolute Gasteiger partial charge is 0.326 e. The quantitative estimate of drug-likeness (QED) is 0.844. The minimum absolute atomic E-state index is 0.142. The summed E-state index contributed by atoms with van der Waals surface area (Å²) >= 11 is 1.88. The first-order chi connectivity index (χ1) is 8.07. The lowest BCUT2D eigenvalue weighted by atomic mass is 9.95. The standard InChI is InChI=1S/C14H24N2S/c1-11-7-5-6-8-13(11)14(12(2)15)16(3)9-10-17-4/h5-8,12,14H,9-10,15H2,1-4H3. The van der Waals surface area contributed by atoms with Crippen molar-refractivity contribution in [1.82, 2.24) is 4.90 Å². The Balaban J connectivity index is 2.89. The van der Waals surface area contributed by atoms with Crippen LogP contribution in [0.4, 0.5) is 0 Å². The van der Waals surface area contributed by atoms with Crippen molar-refractivity contribution in [2.75, 3.05) is 25.6 Å². The molecule has 0 aliphatic rings. The number of aryl methyl sites for hydroxylation is 1. The summed E-state index contributed by atoms with van der Waals surface area (Å²) in [5, 5.41) is 0. The number of nitrogens with zero attached hydrogens (tertiary/aromatic N) is 1. The average molecular weight is 252 g/mol. The topological polar surface area (TPSA) is 29.3 Å². The molecule has 0 aromatic heterocycles. The fraction of sp³-hybridized carbons (Fsp3) is 0.571.